The Kier molecular flexibility index (Phi) is 8.56. The molecular weight excluding hydrogens is 558 g/mol. The first-order valence-corrected chi connectivity index (χ1v) is 14.2. The second kappa shape index (κ2) is 12.4. The van der Waals surface area contributed by atoms with Gasteiger partial charge in [-0.05, 0) is 67.8 Å². The fraction of sp³-hybridized carbons (Fsp3) is 0.333. The van der Waals surface area contributed by atoms with Crippen LogP contribution in [0.15, 0.2) is 71.2 Å². The molecule has 3 amide bonds. The van der Waals surface area contributed by atoms with Crippen molar-refractivity contribution in [2.45, 2.75) is 19.3 Å². The summed E-state index contributed by atoms with van der Waals surface area (Å²) in [7, 11) is 1.70. The lowest BCUT2D eigenvalue weighted by Crippen LogP contribution is -2.47. The molecule has 204 valence electrons. The summed E-state index contributed by atoms with van der Waals surface area (Å²) in [4.78, 5) is 33.0. The van der Waals surface area contributed by atoms with Crippen molar-refractivity contribution < 1.29 is 14.3 Å². The van der Waals surface area contributed by atoms with Crippen molar-refractivity contribution in [3.63, 3.8) is 0 Å². The van der Waals surface area contributed by atoms with Crippen LogP contribution < -0.4 is 25.2 Å². The van der Waals surface area contributed by atoms with Gasteiger partial charge in [-0.25, -0.2) is 4.79 Å². The number of halogens is 1. The molecule has 2 N–H and O–H groups in total. The van der Waals surface area contributed by atoms with Crippen molar-refractivity contribution in [2.75, 3.05) is 66.8 Å². The van der Waals surface area contributed by atoms with Gasteiger partial charge >= 0.3 is 6.03 Å². The molecule has 0 radical (unpaired) electrons. The highest BCUT2D eigenvalue weighted by Gasteiger charge is 2.26. The number of urea groups is 1. The van der Waals surface area contributed by atoms with Crippen LogP contribution in [0.5, 0.6) is 5.75 Å². The number of hydrogen-bond acceptors (Lipinski definition) is 5. The van der Waals surface area contributed by atoms with Crippen molar-refractivity contribution >= 4 is 50.6 Å². The molecule has 8 nitrogen and oxygen atoms in total. The maximum Gasteiger partial charge on any atom is 0.323 e. The summed E-state index contributed by atoms with van der Waals surface area (Å²) in [6.45, 7) is 4.70. The fourth-order valence-corrected chi connectivity index (χ4v) is 5.67. The van der Waals surface area contributed by atoms with E-state index < -0.39 is 0 Å². The summed E-state index contributed by atoms with van der Waals surface area (Å²) in [5.41, 5.74) is 3.88. The molecule has 5 rings (SSSR count). The third kappa shape index (κ3) is 6.47. The molecule has 2 aliphatic rings. The molecule has 39 heavy (non-hydrogen) atoms. The molecule has 0 bridgehead atoms. The molecule has 0 unspecified atom stereocenters. The smallest absolute Gasteiger partial charge is 0.323 e. The average Bonchev–Trinajstić information content (AvgIpc) is 2.97. The van der Waals surface area contributed by atoms with Gasteiger partial charge in [-0.2, -0.15) is 0 Å². The molecule has 0 aromatic heterocycles. The lowest BCUT2D eigenvalue weighted by molar-refractivity contribution is 0.0725. The number of benzene rings is 3. The number of methoxy groups -OCH3 is 1. The minimum atomic E-state index is -0.359. The van der Waals surface area contributed by atoms with Crippen LogP contribution in [0.3, 0.4) is 0 Å². The van der Waals surface area contributed by atoms with E-state index in [-0.39, 0.29) is 11.9 Å². The third-order valence-corrected chi connectivity index (χ3v) is 7.75. The van der Waals surface area contributed by atoms with Crippen molar-refractivity contribution in [2.24, 2.45) is 0 Å². The Balaban J connectivity index is 1.35. The molecule has 0 aliphatic carbocycles. The van der Waals surface area contributed by atoms with Gasteiger partial charge in [0.2, 0.25) is 0 Å². The minimum Gasteiger partial charge on any atom is -0.495 e. The Hall–Kier alpha value is -3.72. The first-order chi connectivity index (χ1) is 19.0. The van der Waals surface area contributed by atoms with E-state index in [4.69, 9.17) is 4.74 Å². The summed E-state index contributed by atoms with van der Waals surface area (Å²) >= 11 is 3.42. The molecule has 2 aliphatic heterocycles. The van der Waals surface area contributed by atoms with Crippen molar-refractivity contribution in [3.05, 3.63) is 76.8 Å². The number of carbonyl (C=O) groups excluding carboxylic acids is 2. The second-order valence-electron chi connectivity index (χ2n) is 9.82. The number of nitrogens with zero attached hydrogens (tertiary/aromatic N) is 3. The van der Waals surface area contributed by atoms with Gasteiger partial charge in [0.1, 0.15) is 5.75 Å². The van der Waals surface area contributed by atoms with Crippen LogP contribution >= 0.6 is 15.9 Å². The van der Waals surface area contributed by atoms with Crippen LogP contribution in [-0.2, 0) is 0 Å². The number of nitrogens with one attached hydrogen (secondary N) is 2. The van der Waals surface area contributed by atoms with Gasteiger partial charge in [-0.15, -0.1) is 0 Å². The third-order valence-electron chi connectivity index (χ3n) is 7.26. The molecule has 0 spiro atoms. The zero-order valence-corrected chi connectivity index (χ0v) is 23.7. The van der Waals surface area contributed by atoms with E-state index in [0.29, 0.717) is 16.9 Å². The minimum absolute atomic E-state index is 0.0212. The zero-order valence-electron chi connectivity index (χ0n) is 22.2. The first kappa shape index (κ1) is 26.9. The Morgan fingerprint density at radius 3 is 2.10 bits per heavy atom. The van der Waals surface area contributed by atoms with Gasteiger partial charge in [-0.1, -0.05) is 34.1 Å². The van der Waals surface area contributed by atoms with E-state index in [2.05, 4.69) is 42.4 Å². The van der Waals surface area contributed by atoms with E-state index in [0.717, 1.165) is 80.1 Å². The van der Waals surface area contributed by atoms with Gasteiger partial charge in [0.25, 0.3) is 5.91 Å². The van der Waals surface area contributed by atoms with Crippen LogP contribution in [-0.4, -0.2) is 63.2 Å². The second-order valence-corrected chi connectivity index (χ2v) is 10.7. The van der Waals surface area contributed by atoms with E-state index in [1.165, 1.54) is 0 Å². The van der Waals surface area contributed by atoms with E-state index in [1.807, 2.05) is 65.6 Å². The molecule has 3 aromatic rings. The van der Waals surface area contributed by atoms with Crippen LogP contribution in [0.1, 0.15) is 29.6 Å². The summed E-state index contributed by atoms with van der Waals surface area (Å²) in [5, 5.41) is 5.75. The Morgan fingerprint density at radius 2 is 1.41 bits per heavy atom. The monoisotopic (exact) mass is 591 g/mol. The Bertz CT molecular complexity index is 1320. The van der Waals surface area contributed by atoms with Crippen LogP contribution in [0.2, 0.25) is 0 Å². The molecule has 2 fully saturated rings. The first-order valence-electron chi connectivity index (χ1n) is 13.4. The standard InChI is InChI=1S/C30H34BrN5O3/c1-39-28-11-4-3-10-27(28)35-18-16-34(17-19-35)26-13-12-24(21-25(26)29(37)36-14-5-2-6-15-36)33-30(38)32-23-9-7-8-22(31)20-23/h3-4,7-13,20-21H,2,5-6,14-19H2,1H3,(H2,32,33,38). The maximum atomic E-state index is 13.7. The van der Waals surface area contributed by atoms with Crippen molar-refractivity contribution in [1.82, 2.24) is 4.90 Å². The molecule has 9 heteroatoms. The van der Waals surface area contributed by atoms with Crippen molar-refractivity contribution in [3.8, 4) is 5.75 Å². The summed E-state index contributed by atoms with van der Waals surface area (Å²) < 4.78 is 6.45. The van der Waals surface area contributed by atoms with E-state index in [1.54, 1.807) is 7.11 Å². The number of amides is 3. The lowest BCUT2D eigenvalue weighted by Gasteiger charge is -2.39. The topological polar surface area (TPSA) is 77.1 Å². The van der Waals surface area contributed by atoms with E-state index in [9.17, 15) is 9.59 Å². The van der Waals surface area contributed by atoms with Crippen molar-refractivity contribution in [1.29, 1.82) is 0 Å². The zero-order chi connectivity index (χ0) is 27.2. The maximum absolute atomic E-state index is 13.7. The fourth-order valence-electron chi connectivity index (χ4n) is 5.27. The number of piperazine rings is 1. The molecule has 2 saturated heterocycles. The van der Waals surface area contributed by atoms with E-state index >= 15 is 0 Å². The number of rotatable bonds is 6. The molecule has 0 atom stereocenters. The lowest BCUT2D eigenvalue weighted by atomic mass is 10.1. The molecule has 0 saturated carbocycles. The quantitative estimate of drug-likeness (QED) is 0.364. The summed E-state index contributed by atoms with van der Waals surface area (Å²) in [6.07, 6.45) is 3.19. The van der Waals surface area contributed by atoms with Gasteiger partial charge in [0.15, 0.2) is 0 Å². The average molecular weight is 593 g/mol. The molecular formula is C30H34BrN5O3. The van der Waals surface area contributed by atoms with Gasteiger partial charge < -0.3 is 30.1 Å². The number of hydrogen-bond donors (Lipinski definition) is 2. The number of para-hydroxylation sites is 2. The SMILES string of the molecule is COc1ccccc1N1CCN(c2ccc(NC(=O)Nc3cccc(Br)c3)cc2C(=O)N2CCCCC2)CC1. The number of piperidine rings is 1. The Labute approximate surface area is 238 Å². The molecule has 3 aromatic carbocycles. The van der Waals surface area contributed by atoms with Crippen LogP contribution in [0, 0.1) is 0 Å². The predicted molar refractivity (Wildman–Crippen MR) is 160 cm³/mol. The number of carbonyl (C=O) groups is 2. The van der Waals surface area contributed by atoms with Gasteiger partial charge in [-0.3, -0.25) is 4.79 Å². The summed E-state index contributed by atoms with van der Waals surface area (Å²) in [6, 6.07) is 20.8. The summed E-state index contributed by atoms with van der Waals surface area (Å²) in [5.74, 6) is 0.886. The number of anilines is 4. The number of ether oxygens (including phenoxy) is 1. The Morgan fingerprint density at radius 1 is 0.744 bits per heavy atom. The number of likely N-dealkylation sites (tertiary alicyclic amines) is 1. The predicted octanol–water partition coefficient (Wildman–Crippen LogP) is 6.05. The molecule has 2 heterocycles. The normalized spacial score (nSPS) is 15.6. The van der Waals surface area contributed by atoms with Crippen LogP contribution in [0.25, 0.3) is 0 Å². The van der Waals surface area contributed by atoms with Crippen LogP contribution in [0.4, 0.5) is 27.5 Å². The highest BCUT2D eigenvalue weighted by Crippen LogP contribution is 2.32. The largest absolute Gasteiger partial charge is 0.495 e. The highest BCUT2D eigenvalue weighted by atomic mass is 79.9. The van der Waals surface area contributed by atoms with Gasteiger partial charge in [0.05, 0.1) is 18.4 Å². The van der Waals surface area contributed by atoms with Gasteiger partial charge in [0, 0.05) is 60.8 Å². The highest BCUT2D eigenvalue weighted by molar-refractivity contribution is 9.10.